The summed E-state index contributed by atoms with van der Waals surface area (Å²) in [5.74, 6) is 0. The molecule has 0 heterocycles. The van der Waals surface area contributed by atoms with Gasteiger partial charge in [0, 0.05) is 26.8 Å². The number of hydrogen-bond acceptors (Lipinski definition) is 4. The average Bonchev–Trinajstić information content (AvgIpc) is 2.08. The van der Waals surface area contributed by atoms with Gasteiger partial charge >= 0.3 is 0 Å². The van der Waals surface area contributed by atoms with Crippen LogP contribution in [0.4, 0.5) is 11.4 Å². The monoisotopic (exact) mass is 178 g/mol. The van der Waals surface area contributed by atoms with Crippen LogP contribution in [0.1, 0.15) is 0 Å². The van der Waals surface area contributed by atoms with Crippen molar-refractivity contribution in [2.24, 2.45) is 10.2 Å². The van der Waals surface area contributed by atoms with Gasteiger partial charge in [-0.3, -0.25) is 0 Å². The second-order valence-electron chi connectivity index (χ2n) is 2.85. The van der Waals surface area contributed by atoms with Gasteiger partial charge < -0.3 is 5.43 Å². The van der Waals surface area contributed by atoms with E-state index in [0.717, 1.165) is 11.4 Å². The Bertz CT molecular complexity index is 276. The first-order chi connectivity index (χ1) is 6.22. The van der Waals surface area contributed by atoms with Gasteiger partial charge in [0.2, 0.25) is 0 Å². The molecule has 1 aromatic rings. The van der Waals surface area contributed by atoms with Crippen molar-refractivity contribution in [3.63, 3.8) is 0 Å². The zero-order valence-electron chi connectivity index (χ0n) is 8.15. The van der Waals surface area contributed by atoms with Gasteiger partial charge in [-0.25, -0.2) is 5.01 Å². The summed E-state index contributed by atoms with van der Waals surface area (Å²) in [5, 5.41) is 9.49. The van der Waals surface area contributed by atoms with Crippen molar-refractivity contribution in [2.75, 3.05) is 26.6 Å². The van der Waals surface area contributed by atoms with Gasteiger partial charge in [-0.2, -0.15) is 10.2 Å². The standard InChI is InChI=1S/C9H14N4/c1-10-11-8-4-6-9(7-5-8)12-13(2)3/h4-7,12H,1-3H3. The third-order valence-electron chi connectivity index (χ3n) is 1.44. The van der Waals surface area contributed by atoms with Gasteiger partial charge in [-0.1, -0.05) is 0 Å². The topological polar surface area (TPSA) is 40.0 Å². The number of nitrogens with one attached hydrogen (secondary N) is 1. The molecule has 0 fully saturated rings. The molecule has 4 heteroatoms. The van der Waals surface area contributed by atoms with Crippen LogP contribution >= 0.6 is 0 Å². The summed E-state index contributed by atoms with van der Waals surface area (Å²) in [4.78, 5) is 0. The molecule has 0 unspecified atom stereocenters. The fraction of sp³-hybridized carbons (Fsp3) is 0.333. The SMILES string of the molecule is CN=Nc1ccc(NN(C)C)cc1. The van der Waals surface area contributed by atoms with Crippen LogP contribution in [0.15, 0.2) is 34.5 Å². The Labute approximate surface area is 78.3 Å². The molecule has 0 atom stereocenters. The van der Waals surface area contributed by atoms with E-state index in [0.29, 0.717) is 0 Å². The normalized spacial score (nSPS) is 11.1. The largest absolute Gasteiger partial charge is 0.319 e. The van der Waals surface area contributed by atoms with Gasteiger partial charge in [-0.15, -0.1) is 0 Å². The van der Waals surface area contributed by atoms with Crippen LogP contribution in [-0.2, 0) is 0 Å². The molecule has 0 saturated heterocycles. The lowest BCUT2D eigenvalue weighted by molar-refractivity contribution is 0.495. The number of hydrazine groups is 1. The van der Waals surface area contributed by atoms with E-state index >= 15 is 0 Å². The Balaban J connectivity index is 2.69. The van der Waals surface area contributed by atoms with Crippen LogP contribution in [0, 0.1) is 0 Å². The highest BCUT2D eigenvalue weighted by molar-refractivity contribution is 5.49. The maximum atomic E-state index is 3.91. The van der Waals surface area contributed by atoms with E-state index in [1.54, 1.807) is 7.05 Å². The Morgan fingerprint density at radius 1 is 1.15 bits per heavy atom. The van der Waals surface area contributed by atoms with Gasteiger partial charge in [-0.05, 0) is 24.3 Å². The number of rotatable bonds is 3. The van der Waals surface area contributed by atoms with Crippen LogP contribution in [-0.4, -0.2) is 26.2 Å². The first-order valence-electron chi connectivity index (χ1n) is 4.06. The Morgan fingerprint density at radius 2 is 1.77 bits per heavy atom. The molecule has 0 aliphatic carbocycles. The van der Waals surface area contributed by atoms with Crippen LogP contribution in [0.2, 0.25) is 0 Å². The Morgan fingerprint density at radius 3 is 2.23 bits per heavy atom. The van der Waals surface area contributed by atoms with Crippen molar-refractivity contribution in [1.29, 1.82) is 0 Å². The predicted octanol–water partition coefficient (Wildman–Crippen LogP) is 2.29. The third-order valence-corrected chi connectivity index (χ3v) is 1.44. The molecule has 0 bridgehead atoms. The molecule has 0 aromatic heterocycles. The summed E-state index contributed by atoms with van der Waals surface area (Å²) in [6.07, 6.45) is 0. The molecule has 1 N–H and O–H groups in total. The van der Waals surface area contributed by atoms with Crippen LogP contribution in [0.3, 0.4) is 0 Å². The predicted molar refractivity (Wildman–Crippen MR) is 54.2 cm³/mol. The van der Waals surface area contributed by atoms with Crippen molar-refractivity contribution in [2.45, 2.75) is 0 Å². The second-order valence-corrected chi connectivity index (χ2v) is 2.85. The lowest BCUT2D eigenvalue weighted by Crippen LogP contribution is -2.19. The molecule has 13 heavy (non-hydrogen) atoms. The molecular weight excluding hydrogens is 164 g/mol. The number of azo groups is 1. The van der Waals surface area contributed by atoms with E-state index in [-0.39, 0.29) is 0 Å². The minimum absolute atomic E-state index is 0.867. The minimum Gasteiger partial charge on any atom is -0.319 e. The fourth-order valence-electron chi connectivity index (χ4n) is 0.976. The number of anilines is 1. The number of hydrogen-bond donors (Lipinski definition) is 1. The van der Waals surface area contributed by atoms with Gasteiger partial charge in [0.05, 0.1) is 5.69 Å². The zero-order chi connectivity index (χ0) is 9.68. The molecule has 70 valence electrons. The summed E-state index contributed by atoms with van der Waals surface area (Å²) >= 11 is 0. The zero-order valence-corrected chi connectivity index (χ0v) is 8.15. The molecule has 0 radical (unpaired) electrons. The second kappa shape index (κ2) is 4.57. The minimum atomic E-state index is 0.867. The highest BCUT2D eigenvalue weighted by Crippen LogP contribution is 2.16. The van der Waals surface area contributed by atoms with Crippen molar-refractivity contribution < 1.29 is 0 Å². The third kappa shape index (κ3) is 3.21. The van der Waals surface area contributed by atoms with Crippen molar-refractivity contribution in [1.82, 2.24) is 5.01 Å². The first kappa shape index (κ1) is 9.67. The Kier molecular flexibility index (Phi) is 3.40. The van der Waals surface area contributed by atoms with E-state index in [4.69, 9.17) is 0 Å². The summed E-state index contributed by atoms with van der Waals surface area (Å²) in [6.45, 7) is 0. The molecule has 0 aliphatic rings. The molecule has 0 saturated carbocycles. The highest BCUT2D eigenvalue weighted by Gasteiger charge is 1.92. The van der Waals surface area contributed by atoms with Gasteiger partial charge in [0.1, 0.15) is 0 Å². The number of benzene rings is 1. The molecular formula is C9H14N4. The molecule has 1 rings (SSSR count). The molecule has 4 nitrogen and oxygen atoms in total. The lowest BCUT2D eigenvalue weighted by Gasteiger charge is -2.12. The van der Waals surface area contributed by atoms with E-state index in [1.807, 2.05) is 43.4 Å². The molecule has 0 spiro atoms. The molecule has 1 aromatic carbocycles. The summed E-state index contributed by atoms with van der Waals surface area (Å²) < 4.78 is 0. The van der Waals surface area contributed by atoms with E-state index in [2.05, 4.69) is 15.7 Å². The quantitative estimate of drug-likeness (QED) is 0.569. The van der Waals surface area contributed by atoms with E-state index in [1.165, 1.54) is 0 Å². The maximum Gasteiger partial charge on any atom is 0.0853 e. The highest BCUT2D eigenvalue weighted by atomic mass is 15.5. The van der Waals surface area contributed by atoms with Crippen molar-refractivity contribution >= 4 is 11.4 Å². The van der Waals surface area contributed by atoms with Gasteiger partial charge in [0.15, 0.2) is 0 Å². The smallest absolute Gasteiger partial charge is 0.0853 e. The van der Waals surface area contributed by atoms with Crippen LogP contribution < -0.4 is 5.43 Å². The summed E-state index contributed by atoms with van der Waals surface area (Å²) in [6, 6.07) is 7.76. The number of nitrogens with zero attached hydrogens (tertiary/aromatic N) is 3. The van der Waals surface area contributed by atoms with Crippen LogP contribution in [0.25, 0.3) is 0 Å². The first-order valence-corrected chi connectivity index (χ1v) is 4.06. The van der Waals surface area contributed by atoms with Crippen LogP contribution in [0.5, 0.6) is 0 Å². The average molecular weight is 178 g/mol. The van der Waals surface area contributed by atoms with E-state index in [9.17, 15) is 0 Å². The maximum absolute atomic E-state index is 3.91. The van der Waals surface area contributed by atoms with Crippen molar-refractivity contribution in [3.8, 4) is 0 Å². The lowest BCUT2D eigenvalue weighted by atomic mass is 10.3. The molecule has 0 amide bonds. The Hall–Kier alpha value is -1.42. The van der Waals surface area contributed by atoms with Gasteiger partial charge in [0.25, 0.3) is 0 Å². The van der Waals surface area contributed by atoms with E-state index < -0.39 is 0 Å². The summed E-state index contributed by atoms with van der Waals surface area (Å²) in [7, 11) is 5.55. The molecule has 0 aliphatic heterocycles. The fourth-order valence-corrected chi connectivity index (χ4v) is 0.976. The van der Waals surface area contributed by atoms with Crippen molar-refractivity contribution in [3.05, 3.63) is 24.3 Å². The summed E-state index contributed by atoms with van der Waals surface area (Å²) in [5.41, 5.74) is 5.04.